The van der Waals surface area contributed by atoms with Crippen LogP contribution in [0, 0.1) is 6.92 Å². The molecule has 32 heavy (non-hydrogen) atoms. The normalized spacial score (nSPS) is 15.6. The Morgan fingerprint density at radius 2 is 1.94 bits per heavy atom. The number of rotatable bonds is 8. The zero-order chi connectivity index (χ0) is 22.5. The average molecular weight is 474 g/mol. The van der Waals surface area contributed by atoms with Crippen molar-refractivity contribution in [1.82, 2.24) is 24.8 Å². The van der Waals surface area contributed by atoms with Crippen molar-refractivity contribution in [2.45, 2.75) is 24.3 Å². The van der Waals surface area contributed by atoms with Gasteiger partial charge in [-0.15, -0.1) is 11.3 Å². The zero-order valence-electron chi connectivity index (χ0n) is 18.2. The Kier molecular flexibility index (Phi) is 7.40. The first kappa shape index (κ1) is 22.7. The van der Waals surface area contributed by atoms with Crippen LogP contribution in [0.5, 0.6) is 5.88 Å². The number of anilines is 2. The third-order valence-corrected chi connectivity index (χ3v) is 6.99. The van der Waals surface area contributed by atoms with Gasteiger partial charge in [0.15, 0.2) is 5.16 Å². The number of hydrogen-bond acceptors (Lipinski definition) is 11. The molecule has 3 aromatic heterocycles. The van der Waals surface area contributed by atoms with Crippen LogP contribution < -0.4 is 16.2 Å². The minimum atomic E-state index is 0.0484. The number of nitrogen functional groups attached to an aromatic ring is 2. The lowest BCUT2D eigenvalue weighted by molar-refractivity contribution is 0.0320. The molecule has 1 fully saturated rings. The van der Waals surface area contributed by atoms with Crippen LogP contribution in [0.15, 0.2) is 29.6 Å². The van der Waals surface area contributed by atoms with Gasteiger partial charge in [-0.2, -0.15) is 0 Å². The molecule has 9 nitrogen and oxygen atoms in total. The number of morpholine rings is 1. The van der Waals surface area contributed by atoms with E-state index in [0.717, 1.165) is 54.0 Å². The molecule has 1 saturated heterocycles. The predicted octanol–water partition coefficient (Wildman–Crippen LogP) is 3.03. The van der Waals surface area contributed by atoms with Crippen molar-refractivity contribution in [3.05, 3.63) is 35.0 Å². The zero-order valence-corrected chi connectivity index (χ0v) is 19.8. The van der Waals surface area contributed by atoms with Gasteiger partial charge in [-0.1, -0.05) is 11.8 Å². The molecule has 0 amide bonds. The third-order valence-electron chi connectivity index (χ3n) is 4.99. The Bertz CT molecular complexity index is 1040. The molecular formula is C21H27N7O2S2. The summed E-state index contributed by atoms with van der Waals surface area (Å²) in [5.74, 6) is 1.33. The summed E-state index contributed by atoms with van der Waals surface area (Å²) in [6.07, 6.45) is 1.76. The lowest BCUT2D eigenvalue weighted by Crippen LogP contribution is -2.38. The number of aromatic nitrogens is 4. The van der Waals surface area contributed by atoms with Crippen LogP contribution in [-0.2, 0) is 4.74 Å². The SMILES string of the molecule is Cc1sc(-c2ccnc(OCCN3CCOCC3)c2)nc1[C@@H](C)Sc1nc(N)cc(N)n1. The molecule has 11 heteroatoms. The Balaban J connectivity index is 1.41. The Hall–Kier alpha value is -2.47. The summed E-state index contributed by atoms with van der Waals surface area (Å²) in [5.41, 5.74) is 13.6. The van der Waals surface area contributed by atoms with Gasteiger partial charge in [-0.05, 0) is 19.9 Å². The van der Waals surface area contributed by atoms with Crippen molar-refractivity contribution < 1.29 is 9.47 Å². The third kappa shape index (κ3) is 5.85. The summed E-state index contributed by atoms with van der Waals surface area (Å²) in [6, 6.07) is 5.45. The first-order valence-corrected chi connectivity index (χ1v) is 12.1. The molecule has 170 valence electrons. The number of aryl methyl sites for hydroxylation is 1. The van der Waals surface area contributed by atoms with Crippen molar-refractivity contribution >= 4 is 34.7 Å². The topological polar surface area (TPSA) is 125 Å². The summed E-state index contributed by atoms with van der Waals surface area (Å²) in [7, 11) is 0. The molecule has 0 bridgehead atoms. The van der Waals surface area contributed by atoms with E-state index < -0.39 is 0 Å². The van der Waals surface area contributed by atoms with E-state index in [1.807, 2.05) is 12.1 Å². The molecule has 1 atom stereocenters. The van der Waals surface area contributed by atoms with Gasteiger partial charge in [-0.25, -0.2) is 19.9 Å². The summed E-state index contributed by atoms with van der Waals surface area (Å²) >= 11 is 3.13. The molecule has 0 saturated carbocycles. The Morgan fingerprint density at radius 3 is 2.69 bits per heavy atom. The van der Waals surface area contributed by atoms with Crippen LogP contribution in [0.1, 0.15) is 22.7 Å². The van der Waals surface area contributed by atoms with Crippen LogP contribution >= 0.6 is 23.1 Å². The maximum Gasteiger partial charge on any atom is 0.213 e. The maximum atomic E-state index is 5.90. The molecule has 0 unspecified atom stereocenters. The Morgan fingerprint density at radius 1 is 1.19 bits per heavy atom. The minimum Gasteiger partial charge on any atom is -0.476 e. The first-order chi connectivity index (χ1) is 15.5. The smallest absolute Gasteiger partial charge is 0.213 e. The van der Waals surface area contributed by atoms with Gasteiger partial charge in [0.2, 0.25) is 5.88 Å². The van der Waals surface area contributed by atoms with Crippen LogP contribution in [0.2, 0.25) is 0 Å². The van der Waals surface area contributed by atoms with E-state index >= 15 is 0 Å². The molecule has 4 N–H and O–H groups in total. The second-order valence-corrected chi connectivity index (χ2v) is 9.92. The van der Waals surface area contributed by atoms with E-state index in [1.165, 1.54) is 11.8 Å². The number of nitrogens with zero attached hydrogens (tertiary/aromatic N) is 5. The molecule has 0 aliphatic carbocycles. The monoisotopic (exact) mass is 473 g/mol. The van der Waals surface area contributed by atoms with Gasteiger partial charge in [0.25, 0.3) is 0 Å². The fourth-order valence-electron chi connectivity index (χ4n) is 3.36. The molecule has 4 rings (SSSR count). The number of ether oxygens (including phenoxy) is 2. The maximum absolute atomic E-state index is 5.90. The van der Waals surface area contributed by atoms with Crippen LogP contribution in [0.4, 0.5) is 11.6 Å². The van der Waals surface area contributed by atoms with Crippen molar-refractivity contribution in [3.8, 4) is 16.5 Å². The average Bonchev–Trinajstić information content (AvgIpc) is 3.16. The quantitative estimate of drug-likeness (QED) is 0.372. The van der Waals surface area contributed by atoms with E-state index in [0.29, 0.717) is 29.3 Å². The summed E-state index contributed by atoms with van der Waals surface area (Å²) in [4.78, 5) is 21.2. The molecule has 0 aromatic carbocycles. The summed E-state index contributed by atoms with van der Waals surface area (Å²) < 4.78 is 11.3. The van der Waals surface area contributed by atoms with E-state index in [4.69, 9.17) is 25.9 Å². The van der Waals surface area contributed by atoms with Gasteiger partial charge < -0.3 is 20.9 Å². The fraction of sp³-hybridized carbons (Fsp3) is 0.429. The molecule has 0 radical (unpaired) electrons. The molecule has 4 heterocycles. The van der Waals surface area contributed by atoms with Crippen molar-refractivity contribution in [2.24, 2.45) is 0 Å². The number of thiazole rings is 1. The van der Waals surface area contributed by atoms with Gasteiger partial charge in [0.1, 0.15) is 23.3 Å². The fourth-order valence-corrected chi connectivity index (χ4v) is 5.42. The molecule has 1 aliphatic rings. The van der Waals surface area contributed by atoms with Crippen molar-refractivity contribution in [1.29, 1.82) is 0 Å². The summed E-state index contributed by atoms with van der Waals surface area (Å²) in [5, 5.41) is 1.52. The van der Waals surface area contributed by atoms with E-state index in [2.05, 4.69) is 33.7 Å². The molecular weight excluding hydrogens is 446 g/mol. The van der Waals surface area contributed by atoms with E-state index in [-0.39, 0.29) is 5.25 Å². The molecule has 1 aliphatic heterocycles. The highest BCUT2D eigenvalue weighted by Crippen LogP contribution is 2.38. The number of thioether (sulfide) groups is 1. The van der Waals surface area contributed by atoms with Gasteiger partial charge in [0, 0.05) is 48.4 Å². The predicted molar refractivity (Wildman–Crippen MR) is 128 cm³/mol. The standard InChI is InChI=1S/C21H27N7O2S2/c1-13-19(14(2)32-21-25-16(22)12-17(23)26-21)27-20(31-13)15-3-4-24-18(11-15)30-10-7-28-5-8-29-9-6-28/h3-4,11-12,14H,5-10H2,1-2H3,(H4,22,23,25,26)/t14-/m1/s1. The van der Waals surface area contributed by atoms with Crippen LogP contribution in [0.3, 0.4) is 0 Å². The Labute approximate surface area is 195 Å². The van der Waals surface area contributed by atoms with Crippen molar-refractivity contribution in [2.75, 3.05) is 50.9 Å². The largest absolute Gasteiger partial charge is 0.476 e. The molecule has 3 aromatic rings. The van der Waals surface area contributed by atoms with E-state index in [1.54, 1.807) is 23.6 Å². The van der Waals surface area contributed by atoms with Gasteiger partial charge >= 0.3 is 0 Å². The van der Waals surface area contributed by atoms with Gasteiger partial charge in [0.05, 0.1) is 24.2 Å². The number of nitrogens with two attached hydrogens (primary N) is 2. The first-order valence-electron chi connectivity index (χ1n) is 10.4. The van der Waals surface area contributed by atoms with Gasteiger partial charge in [-0.3, -0.25) is 4.90 Å². The van der Waals surface area contributed by atoms with Crippen LogP contribution in [-0.4, -0.2) is 64.3 Å². The lowest BCUT2D eigenvalue weighted by atomic mass is 10.2. The van der Waals surface area contributed by atoms with E-state index in [9.17, 15) is 0 Å². The summed E-state index contributed by atoms with van der Waals surface area (Å²) in [6.45, 7) is 9.06. The van der Waals surface area contributed by atoms with Crippen LogP contribution in [0.25, 0.3) is 10.6 Å². The highest BCUT2D eigenvalue weighted by Gasteiger charge is 2.19. The highest BCUT2D eigenvalue weighted by molar-refractivity contribution is 7.99. The minimum absolute atomic E-state index is 0.0484. The highest BCUT2D eigenvalue weighted by atomic mass is 32.2. The second-order valence-electron chi connectivity index (χ2n) is 7.41. The lowest BCUT2D eigenvalue weighted by Gasteiger charge is -2.26. The number of hydrogen-bond donors (Lipinski definition) is 2. The number of pyridine rings is 1. The second kappa shape index (κ2) is 10.4. The molecule has 0 spiro atoms. The van der Waals surface area contributed by atoms with Crippen molar-refractivity contribution in [3.63, 3.8) is 0 Å².